The lowest BCUT2D eigenvalue weighted by Gasteiger charge is -2.07. The van der Waals surface area contributed by atoms with Crippen molar-refractivity contribution in [2.24, 2.45) is 0 Å². The summed E-state index contributed by atoms with van der Waals surface area (Å²) < 4.78 is 0.837. The second-order valence-electron chi connectivity index (χ2n) is 3.83. The van der Waals surface area contributed by atoms with Crippen molar-refractivity contribution < 1.29 is 9.90 Å². The average molecular weight is 342 g/mol. The maximum Gasteiger partial charge on any atom is 0.337 e. The van der Waals surface area contributed by atoms with Crippen LogP contribution in [0.2, 0.25) is 5.02 Å². The van der Waals surface area contributed by atoms with Gasteiger partial charge < -0.3 is 10.4 Å². The normalized spacial score (nSPS) is 10.2. The minimum Gasteiger partial charge on any atom is -0.478 e. The Labute approximate surface area is 123 Å². The van der Waals surface area contributed by atoms with Crippen molar-refractivity contribution in [3.63, 3.8) is 0 Å². The number of aromatic nitrogens is 1. The lowest BCUT2D eigenvalue weighted by Crippen LogP contribution is -2.03. The predicted molar refractivity (Wildman–Crippen MR) is 77.7 cm³/mol. The van der Waals surface area contributed by atoms with E-state index in [0.717, 1.165) is 15.9 Å². The molecule has 6 heteroatoms. The van der Waals surface area contributed by atoms with E-state index in [0.29, 0.717) is 11.6 Å². The number of hydrogen-bond donors (Lipinski definition) is 2. The number of anilines is 1. The van der Waals surface area contributed by atoms with Gasteiger partial charge in [-0.2, -0.15) is 0 Å². The Morgan fingerprint density at radius 1 is 1.37 bits per heavy atom. The van der Waals surface area contributed by atoms with Crippen LogP contribution < -0.4 is 5.32 Å². The van der Waals surface area contributed by atoms with Crippen molar-refractivity contribution in [3.8, 4) is 0 Å². The maximum absolute atomic E-state index is 10.7. The molecule has 1 heterocycles. The first-order valence-electron chi connectivity index (χ1n) is 5.43. The topological polar surface area (TPSA) is 62.2 Å². The molecule has 0 aliphatic heterocycles. The molecule has 19 heavy (non-hydrogen) atoms. The lowest BCUT2D eigenvalue weighted by atomic mass is 10.2. The first-order chi connectivity index (χ1) is 9.06. The summed E-state index contributed by atoms with van der Waals surface area (Å²) in [6.45, 7) is 0.498. The van der Waals surface area contributed by atoms with Gasteiger partial charge >= 0.3 is 5.97 Å². The van der Waals surface area contributed by atoms with Crippen molar-refractivity contribution >= 4 is 39.2 Å². The zero-order valence-corrected chi connectivity index (χ0v) is 12.1. The summed E-state index contributed by atoms with van der Waals surface area (Å²) in [7, 11) is 0. The van der Waals surface area contributed by atoms with Gasteiger partial charge in [0.25, 0.3) is 0 Å². The van der Waals surface area contributed by atoms with Gasteiger partial charge in [-0.05, 0) is 46.3 Å². The van der Waals surface area contributed by atoms with Crippen LogP contribution in [0.4, 0.5) is 5.69 Å². The third kappa shape index (κ3) is 3.68. The summed E-state index contributed by atoms with van der Waals surface area (Å²) in [6, 6.07) is 8.75. The molecular weight excluding hydrogens is 332 g/mol. The quantitative estimate of drug-likeness (QED) is 0.888. The summed E-state index contributed by atoms with van der Waals surface area (Å²) in [5.41, 5.74) is 1.80. The van der Waals surface area contributed by atoms with Crippen molar-refractivity contribution in [3.05, 3.63) is 57.3 Å². The van der Waals surface area contributed by atoms with E-state index >= 15 is 0 Å². The predicted octanol–water partition coefficient (Wildman–Crippen LogP) is 3.81. The molecule has 98 valence electrons. The largest absolute Gasteiger partial charge is 0.478 e. The molecule has 1 aromatic heterocycles. The van der Waals surface area contributed by atoms with Crippen LogP contribution in [0.5, 0.6) is 0 Å². The molecule has 2 aromatic rings. The van der Waals surface area contributed by atoms with Crippen LogP contribution in [0, 0.1) is 0 Å². The molecule has 1 aromatic carbocycles. The number of benzene rings is 1. The van der Waals surface area contributed by atoms with Crippen molar-refractivity contribution in [2.45, 2.75) is 6.54 Å². The van der Waals surface area contributed by atoms with Crippen LogP contribution in [-0.4, -0.2) is 16.1 Å². The molecule has 0 bridgehead atoms. The molecule has 0 radical (unpaired) electrons. The minimum absolute atomic E-state index is 0.176. The Kier molecular flexibility index (Phi) is 4.39. The molecule has 0 atom stereocenters. The van der Waals surface area contributed by atoms with Crippen molar-refractivity contribution in [1.82, 2.24) is 4.98 Å². The zero-order chi connectivity index (χ0) is 13.8. The highest BCUT2D eigenvalue weighted by atomic mass is 79.9. The zero-order valence-electron chi connectivity index (χ0n) is 9.73. The SMILES string of the molecule is O=C(O)c1ccc(CNc2ccc(Br)c(Cl)c2)nc1. The van der Waals surface area contributed by atoms with E-state index in [9.17, 15) is 4.79 Å². The number of rotatable bonds is 4. The molecule has 0 unspecified atom stereocenters. The highest BCUT2D eigenvalue weighted by Gasteiger charge is 2.03. The fourth-order valence-electron chi connectivity index (χ4n) is 1.45. The monoisotopic (exact) mass is 340 g/mol. The van der Waals surface area contributed by atoms with E-state index in [2.05, 4.69) is 26.2 Å². The van der Waals surface area contributed by atoms with Gasteiger partial charge in [0.1, 0.15) is 0 Å². The summed E-state index contributed by atoms with van der Waals surface area (Å²) in [5, 5.41) is 12.6. The Balaban J connectivity index is 2.01. The Morgan fingerprint density at radius 3 is 2.74 bits per heavy atom. The maximum atomic E-state index is 10.7. The van der Waals surface area contributed by atoms with E-state index in [4.69, 9.17) is 16.7 Å². The standard InChI is InChI=1S/C13H10BrClN2O2/c14-11-4-3-9(5-12(11)15)17-7-10-2-1-8(6-16-10)13(18)19/h1-6,17H,7H2,(H,18,19). The molecule has 0 fully saturated rings. The number of carboxylic acid groups (broad SMARTS) is 1. The van der Waals surface area contributed by atoms with E-state index in [1.807, 2.05) is 12.1 Å². The van der Waals surface area contributed by atoms with Gasteiger partial charge in [0.2, 0.25) is 0 Å². The van der Waals surface area contributed by atoms with Crippen LogP contribution in [0.15, 0.2) is 41.0 Å². The number of carbonyl (C=O) groups is 1. The van der Waals surface area contributed by atoms with Crippen LogP contribution in [0.1, 0.15) is 16.1 Å². The number of nitrogens with one attached hydrogen (secondary N) is 1. The van der Waals surface area contributed by atoms with Gasteiger partial charge in [-0.3, -0.25) is 4.98 Å². The molecule has 0 saturated heterocycles. The molecule has 0 spiro atoms. The fraction of sp³-hybridized carbons (Fsp3) is 0.0769. The van der Waals surface area contributed by atoms with Gasteiger partial charge in [-0.25, -0.2) is 4.79 Å². The van der Waals surface area contributed by atoms with Gasteiger partial charge in [0.15, 0.2) is 0 Å². The van der Waals surface area contributed by atoms with Crippen molar-refractivity contribution in [1.29, 1.82) is 0 Å². The highest BCUT2D eigenvalue weighted by Crippen LogP contribution is 2.25. The molecule has 0 saturated carbocycles. The Hall–Kier alpha value is -1.59. The Morgan fingerprint density at radius 2 is 2.16 bits per heavy atom. The number of nitrogens with zero attached hydrogens (tertiary/aromatic N) is 1. The van der Waals surface area contributed by atoms with Crippen LogP contribution >= 0.6 is 27.5 Å². The third-order valence-electron chi connectivity index (χ3n) is 2.46. The average Bonchev–Trinajstić information content (AvgIpc) is 2.40. The lowest BCUT2D eigenvalue weighted by molar-refractivity contribution is 0.0696. The minimum atomic E-state index is -0.980. The number of carboxylic acids is 1. The second kappa shape index (κ2) is 6.04. The number of aromatic carboxylic acids is 1. The highest BCUT2D eigenvalue weighted by molar-refractivity contribution is 9.10. The van der Waals surface area contributed by atoms with Crippen LogP contribution in [0.25, 0.3) is 0 Å². The number of halogens is 2. The second-order valence-corrected chi connectivity index (χ2v) is 5.09. The first-order valence-corrected chi connectivity index (χ1v) is 6.60. The summed E-state index contributed by atoms with van der Waals surface area (Å²) in [5.74, 6) is -0.980. The van der Waals surface area contributed by atoms with Gasteiger partial charge in [-0.1, -0.05) is 11.6 Å². The fourth-order valence-corrected chi connectivity index (χ4v) is 1.88. The number of hydrogen-bond acceptors (Lipinski definition) is 3. The van der Waals surface area contributed by atoms with E-state index in [-0.39, 0.29) is 5.56 Å². The molecular formula is C13H10BrClN2O2. The van der Waals surface area contributed by atoms with Gasteiger partial charge in [-0.15, -0.1) is 0 Å². The molecule has 0 amide bonds. The van der Waals surface area contributed by atoms with Gasteiger partial charge in [0, 0.05) is 16.4 Å². The third-order valence-corrected chi connectivity index (χ3v) is 3.70. The van der Waals surface area contributed by atoms with E-state index < -0.39 is 5.97 Å². The van der Waals surface area contributed by atoms with E-state index in [1.165, 1.54) is 12.3 Å². The Bertz CT molecular complexity index is 602. The van der Waals surface area contributed by atoms with Crippen molar-refractivity contribution in [2.75, 3.05) is 5.32 Å². The summed E-state index contributed by atoms with van der Waals surface area (Å²) in [4.78, 5) is 14.8. The van der Waals surface area contributed by atoms with Crippen LogP contribution in [0.3, 0.4) is 0 Å². The van der Waals surface area contributed by atoms with Crippen LogP contribution in [-0.2, 0) is 6.54 Å². The smallest absolute Gasteiger partial charge is 0.337 e. The molecule has 0 aliphatic rings. The molecule has 2 rings (SSSR count). The summed E-state index contributed by atoms with van der Waals surface area (Å²) in [6.07, 6.45) is 1.34. The summed E-state index contributed by atoms with van der Waals surface area (Å²) >= 11 is 9.30. The van der Waals surface area contributed by atoms with E-state index in [1.54, 1.807) is 12.1 Å². The molecule has 4 nitrogen and oxygen atoms in total. The van der Waals surface area contributed by atoms with Gasteiger partial charge in [0.05, 0.1) is 22.8 Å². The first kappa shape index (κ1) is 13.8. The molecule has 0 aliphatic carbocycles. The molecule has 2 N–H and O–H groups in total. The number of pyridine rings is 1.